The lowest BCUT2D eigenvalue weighted by molar-refractivity contribution is -0.205. The molecule has 5 atom stereocenters. The van der Waals surface area contributed by atoms with E-state index in [0.717, 1.165) is 6.20 Å². The average Bonchev–Trinajstić information content (AvgIpc) is 2.94. The number of aromatic nitrogens is 2. The van der Waals surface area contributed by atoms with Crippen molar-refractivity contribution in [1.82, 2.24) is 9.55 Å². The van der Waals surface area contributed by atoms with E-state index in [1.54, 1.807) is 0 Å². The Morgan fingerprint density at radius 2 is 2.28 bits per heavy atom. The van der Waals surface area contributed by atoms with Crippen molar-refractivity contribution in [2.24, 2.45) is 0 Å². The molecule has 0 radical (unpaired) electrons. The number of alkyl halides is 1. The maximum Gasteiger partial charge on any atom is 0.530 e. The van der Waals surface area contributed by atoms with Crippen LogP contribution in [-0.4, -0.2) is 50.7 Å². The van der Waals surface area contributed by atoms with Crippen LogP contribution in [0.3, 0.4) is 0 Å². The topological polar surface area (TPSA) is 149 Å². The maximum atomic E-state index is 15.5. The summed E-state index contributed by atoms with van der Waals surface area (Å²) in [4.78, 5) is 25.4. The molecule has 1 aromatic heterocycles. The number of fused-ring (bicyclic) bond motifs is 1. The van der Waals surface area contributed by atoms with Crippen LogP contribution in [0.4, 0.5) is 4.39 Å². The molecule has 2 aliphatic rings. The number of aliphatic hydroxyl groups is 2. The number of rotatable bonds is 5. The van der Waals surface area contributed by atoms with Crippen LogP contribution in [-0.2, 0) is 25.0 Å². The zero-order chi connectivity index (χ0) is 24.2. The van der Waals surface area contributed by atoms with E-state index >= 15 is 4.39 Å². The van der Waals surface area contributed by atoms with Crippen molar-refractivity contribution in [3.8, 4) is 5.75 Å². The van der Waals surface area contributed by atoms with Crippen LogP contribution >= 0.6 is 31.6 Å². The summed E-state index contributed by atoms with van der Waals surface area (Å²) in [5.74, 6) is -3.23. The van der Waals surface area contributed by atoms with Gasteiger partial charge in [-0.25, -0.2) is 13.8 Å². The maximum absolute atomic E-state index is 15.5. The van der Waals surface area contributed by atoms with Gasteiger partial charge in [0.05, 0.1) is 13.5 Å². The van der Waals surface area contributed by atoms with Gasteiger partial charge in [0.25, 0.3) is 5.85 Å². The molecular formula is C17H15ClFN2O9PS. The number of nitrogens with zero attached hydrogens (tertiary/aromatic N) is 1. The van der Waals surface area contributed by atoms with Gasteiger partial charge in [0.15, 0.2) is 12.5 Å². The minimum Gasteiger partial charge on any atom is -0.404 e. The summed E-state index contributed by atoms with van der Waals surface area (Å²) in [6, 6.07) is 4.36. The number of hydrogen-bond acceptors (Lipinski definition) is 10. The van der Waals surface area contributed by atoms with E-state index in [0.29, 0.717) is 15.2 Å². The number of aldehydes is 1. The van der Waals surface area contributed by atoms with Gasteiger partial charge < -0.3 is 19.5 Å². The lowest BCUT2D eigenvalue weighted by Gasteiger charge is -2.28. The number of carbonyl (C=O) groups excluding carboxylic acids is 1. The van der Waals surface area contributed by atoms with Crippen molar-refractivity contribution in [2.45, 2.75) is 30.9 Å². The molecule has 2 aromatic rings. The van der Waals surface area contributed by atoms with E-state index in [-0.39, 0.29) is 28.8 Å². The second-order valence-electron chi connectivity index (χ2n) is 6.79. The van der Waals surface area contributed by atoms with E-state index in [2.05, 4.69) is 4.98 Å². The summed E-state index contributed by atoms with van der Waals surface area (Å²) >= 11 is 10.7. The molecule has 0 bridgehead atoms. The van der Waals surface area contributed by atoms with Gasteiger partial charge in [0.1, 0.15) is 29.2 Å². The Bertz CT molecular complexity index is 1290. The lowest BCUT2D eigenvalue weighted by Crippen LogP contribution is -2.43. The molecule has 2 aliphatic heterocycles. The quantitative estimate of drug-likeness (QED) is 0.310. The van der Waals surface area contributed by atoms with Crippen molar-refractivity contribution in [3.63, 3.8) is 0 Å². The Kier molecular flexibility index (Phi) is 5.76. The highest BCUT2D eigenvalue weighted by atomic mass is 35.5. The van der Waals surface area contributed by atoms with Crippen LogP contribution in [0.5, 0.6) is 5.75 Å². The normalized spacial score (nSPS) is 34.4. The molecule has 1 saturated heterocycles. The van der Waals surface area contributed by atoms with Crippen LogP contribution in [0, 0.1) is 4.64 Å². The Labute approximate surface area is 190 Å². The fraction of sp³-hybridized carbons (Fsp3) is 0.353. The number of nitrogens with one attached hydrogen (secondary N) is 1. The van der Waals surface area contributed by atoms with E-state index in [9.17, 15) is 24.4 Å². The smallest absolute Gasteiger partial charge is 0.404 e. The van der Waals surface area contributed by atoms with Crippen molar-refractivity contribution in [3.05, 3.63) is 55.7 Å². The second kappa shape index (κ2) is 8.43. The SMILES string of the molecule is [2H][C@@]1(n2cc(C=O)c(=S)[nH]c2=O)O[C@](F)(COP2(=O)OCc3cc(Cl)ccc3O2)[C@@H](O)[C@H]1O. The first-order valence-corrected chi connectivity index (χ1v) is 11.1. The average molecular weight is 510 g/mol. The van der Waals surface area contributed by atoms with Crippen molar-refractivity contribution >= 4 is 37.9 Å². The van der Waals surface area contributed by atoms with Crippen molar-refractivity contribution in [2.75, 3.05) is 6.61 Å². The van der Waals surface area contributed by atoms with E-state index < -0.39 is 44.4 Å². The summed E-state index contributed by atoms with van der Waals surface area (Å²) in [6.07, 6.45) is -6.70. The lowest BCUT2D eigenvalue weighted by atomic mass is 10.1. The van der Waals surface area contributed by atoms with Crippen LogP contribution in [0.25, 0.3) is 0 Å². The largest absolute Gasteiger partial charge is 0.530 e. The number of phosphoric ester groups is 1. The van der Waals surface area contributed by atoms with Gasteiger partial charge in [0.2, 0.25) is 0 Å². The fourth-order valence-electron chi connectivity index (χ4n) is 2.98. The molecule has 0 spiro atoms. The number of hydrogen-bond donors (Lipinski definition) is 3. The molecule has 4 rings (SSSR count). The zero-order valence-corrected chi connectivity index (χ0v) is 18.2. The zero-order valence-electron chi connectivity index (χ0n) is 16.8. The Morgan fingerprint density at radius 1 is 1.53 bits per heavy atom. The predicted octanol–water partition coefficient (Wildman–Crippen LogP) is 2.02. The third-order valence-electron chi connectivity index (χ3n) is 4.63. The van der Waals surface area contributed by atoms with Crippen molar-refractivity contribution < 1.29 is 43.6 Å². The van der Waals surface area contributed by atoms with Gasteiger partial charge in [0, 0.05) is 16.8 Å². The summed E-state index contributed by atoms with van der Waals surface area (Å²) in [6.45, 7) is -1.56. The summed E-state index contributed by atoms with van der Waals surface area (Å²) < 4.78 is 56.7. The van der Waals surface area contributed by atoms with Crippen LogP contribution in [0.2, 0.25) is 5.02 Å². The van der Waals surface area contributed by atoms with Crippen LogP contribution in [0.15, 0.2) is 29.2 Å². The number of benzene rings is 1. The molecule has 1 unspecified atom stereocenters. The van der Waals surface area contributed by atoms with E-state index in [4.69, 9.17) is 43.5 Å². The van der Waals surface area contributed by atoms with Gasteiger partial charge in [-0.2, -0.15) is 0 Å². The molecule has 11 nitrogen and oxygen atoms in total. The number of carbonyl (C=O) groups is 1. The highest BCUT2D eigenvalue weighted by molar-refractivity contribution is 7.71. The number of ether oxygens (including phenoxy) is 1. The first-order chi connectivity index (χ1) is 15.4. The summed E-state index contributed by atoms with van der Waals surface area (Å²) in [7, 11) is -4.40. The van der Waals surface area contributed by atoms with Crippen LogP contribution < -0.4 is 10.2 Å². The molecule has 32 heavy (non-hydrogen) atoms. The van der Waals surface area contributed by atoms with E-state index in [1.807, 2.05) is 0 Å². The molecule has 1 fully saturated rings. The van der Waals surface area contributed by atoms with E-state index in [1.165, 1.54) is 18.2 Å². The molecule has 0 saturated carbocycles. The number of aliphatic hydroxyl groups excluding tert-OH is 2. The predicted molar refractivity (Wildman–Crippen MR) is 108 cm³/mol. The Balaban J connectivity index is 1.58. The van der Waals surface area contributed by atoms with Gasteiger partial charge in [-0.3, -0.25) is 23.4 Å². The first kappa shape index (κ1) is 21.9. The molecule has 0 amide bonds. The number of H-pyrrole nitrogens is 1. The number of aromatic amines is 1. The molecule has 15 heteroatoms. The highest BCUT2D eigenvalue weighted by Gasteiger charge is 2.57. The standard InChI is InChI=1S/C17H15ClFN2O9PS/c18-10-1-2-11-8(3-10)6-27-31(26,30-11)28-7-17(19)13(24)12(23)15(29-17)21-4-9(5-22)14(32)20-16(21)25/h1-5,12-13,15,23-24H,6-7H2,(H,20,25,32)/t12-,13+,15-,17-,31?/m1/s1/i15D. The molecule has 3 N–H and O–H groups in total. The monoisotopic (exact) mass is 509 g/mol. The highest BCUT2D eigenvalue weighted by Crippen LogP contribution is 2.56. The summed E-state index contributed by atoms with van der Waals surface area (Å²) in [5, 5.41) is 20.9. The molecule has 1 aromatic carbocycles. The van der Waals surface area contributed by atoms with Crippen LogP contribution in [0.1, 0.15) is 23.5 Å². The van der Waals surface area contributed by atoms with Gasteiger partial charge >= 0.3 is 13.5 Å². The number of halogens is 2. The van der Waals surface area contributed by atoms with Gasteiger partial charge in [-0.05, 0) is 18.2 Å². The third-order valence-corrected chi connectivity index (χ3v) is 6.52. The van der Waals surface area contributed by atoms with Gasteiger partial charge in [-0.1, -0.05) is 23.8 Å². The Hall–Kier alpha value is -1.96. The fourth-order valence-corrected chi connectivity index (χ4v) is 4.59. The molecule has 0 aliphatic carbocycles. The molecular weight excluding hydrogens is 494 g/mol. The second-order valence-corrected chi connectivity index (χ2v) is 9.22. The molecule has 3 heterocycles. The third kappa shape index (κ3) is 4.18. The minimum atomic E-state index is -4.40. The summed E-state index contributed by atoms with van der Waals surface area (Å²) in [5.41, 5.74) is -0.933. The first-order valence-electron chi connectivity index (χ1n) is 9.35. The Morgan fingerprint density at radius 3 is 3.00 bits per heavy atom. The van der Waals surface area contributed by atoms with Gasteiger partial charge in [-0.15, -0.1) is 0 Å². The van der Waals surface area contributed by atoms with Crippen molar-refractivity contribution in [1.29, 1.82) is 0 Å². The minimum absolute atomic E-state index is 0.108. The number of phosphoric acid groups is 1. The molecule has 172 valence electrons.